The van der Waals surface area contributed by atoms with E-state index in [1.807, 2.05) is 244 Å². The molecule has 119 heavy (non-hydrogen) atoms. The van der Waals surface area contributed by atoms with Crippen molar-refractivity contribution in [3.63, 3.8) is 0 Å². The lowest BCUT2D eigenvalue weighted by Gasteiger charge is -2.21. The van der Waals surface area contributed by atoms with Crippen LogP contribution < -0.4 is 33.2 Å². The fraction of sp³-hybridized carbons (Fsp3) is 0.228. The van der Waals surface area contributed by atoms with Gasteiger partial charge in [0.15, 0.2) is 11.6 Å². The van der Waals surface area contributed by atoms with Crippen LogP contribution in [-0.2, 0) is 7.05 Å². The number of benzene rings is 8. The van der Waals surface area contributed by atoms with Crippen molar-refractivity contribution in [1.82, 2.24) is 42.1 Å². The van der Waals surface area contributed by atoms with Crippen molar-refractivity contribution in [2.75, 3.05) is 0 Å². The second-order valence-corrected chi connectivity index (χ2v) is 32.0. The first-order valence-electron chi connectivity index (χ1n) is 40.4. The van der Waals surface area contributed by atoms with Gasteiger partial charge in [-0.1, -0.05) is 24.3 Å². The Bertz CT molecular complexity index is 6310. The summed E-state index contributed by atoms with van der Waals surface area (Å²) in [4.78, 5) is 18.1. The fourth-order valence-corrected chi connectivity index (χ4v) is 14.0. The van der Waals surface area contributed by atoms with Gasteiger partial charge in [-0.15, -0.1) is 0 Å². The zero-order chi connectivity index (χ0) is 83.8. The van der Waals surface area contributed by atoms with Gasteiger partial charge in [-0.3, -0.25) is 17.6 Å². The van der Waals surface area contributed by atoms with Gasteiger partial charge < -0.3 is 37.7 Å². The number of aryl methyl sites for hydroxylation is 1. The molecule has 0 saturated heterocycles. The van der Waals surface area contributed by atoms with Crippen LogP contribution >= 0.6 is 0 Å². The van der Waals surface area contributed by atoms with Gasteiger partial charge in [0.2, 0.25) is 0 Å². The van der Waals surface area contributed by atoms with Crippen molar-refractivity contribution < 1.29 is 41.9 Å². The van der Waals surface area contributed by atoms with Gasteiger partial charge in [0, 0.05) is 88.4 Å². The Balaban J connectivity index is 0.000000130. The van der Waals surface area contributed by atoms with Gasteiger partial charge in [0.25, 0.3) is 0 Å². The first kappa shape index (κ1) is 82.1. The van der Waals surface area contributed by atoms with E-state index >= 15 is 0 Å². The van der Waals surface area contributed by atoms with Gasteiger partial charge >= 0.3 is 0 Å². The minimum absolute atomic E-state index is 0.00238. The molecule has 0 aliphatic rings. The third kappa shape index (κ3) is 20.1. The summed E-state index contributed by atoms with van der Waals surface area (Å²) in [5, 5.41) is 1.25. The second kappa shape index (κ2) is 35.9. The molecule has 0 fully saturated rings. The molecule has 0 radical (unpaired) electrons. The number of halogens is 2. The van der Waals surface area contributed by atoms with E-state index in [4.69, 9.17) is 33.2 Å². The predicted octanol–water partition coefficient (Wildman–Crippen LogP) is 25.3. The predicted molar refractivity (Wildman–Crippen MR) is 476 cm³/mol. The van der Waals surface area contributed by atoms with Crippen LogP contribution in [0.2, 0.25) is 0 Å². The summed E-state index contributed by atoms with van der Waals surface area (Å²) < 4.78 is 79.7. The summed E-state index contributed by atoms with van der Waals surface area (Å²) in [6.07, 6.45) is 18.3. The largest absolute Gasteiger partial charge is 0.491 e. The fourth-order valence-electron chi connectivity index (χ4n) is 14.0. The van der Waals surface area contributed by atoms with E-state index in [0.29, 0.717) is 11.3 Å². The van der Waals surface area contributed by atoms with Crippen LogP contribution in [0.1, 0.15) is 104 Å². The third-order valence-corrected chi connectivity index (χ3v) is 19.2. The van der Waals surface area contributed by atoms with E-state index in [-0.39, 0.29) is 59.6 Å². The highest BCUT2D eigenvalue weighted by Gasteiger charge is 2.19. The van der Waals surface area contributed by atoms with Crippen molar-refractivity contribution in [1.29, 1.82) is 0 Å². The van der Waals surface area contributed by atoms with Crippen LogP contribution in [-0.4, -0.2) is 84.3 Å². The van der Waals surface area contributed by atoms with Crippen molar-refractivity contribution >= 4 is 33.5 Å². The molecule has 16 nitrogen and oxygen atoms in total. The lowest BCUT2D eigenvalue weighted by atomic mass is 10.1. The number of ether oxygens (including phenoxy) is 7. The van der Waals surface area contributed by atoms with Gasteiger partial charge in [-0.05, 0) is 337 Å². The molecule has 0 spiro atoms. The van der Waals surface area contributed by atoms with Crippen LogP contribution in [0.4, 0.5) is 8.78 Å². The summed E-state index contributed by atoms with van der Waals surface area (Å²) in [5.41, 5.74) is 20.4. The molecule has 0 N–H and O–H groups in total. The number of pyridine rings is 4. The highest BCUT2D eigenvalue weighted by atomic mass is 19.1. The Morgan fingerprint density at radius 1 is 0.286 bits per heavy atom. The van der Waals surface area contributed by atoms with Crippen LogP contribution in [0.25, 0.3) is 123 Å². The second-order valence-electron chi connectivity index (χ2n) is 32.0. The molecular weight excluding hydrogens is 1490 g/mol. The maximum atomic E-state index is 14.8. The molecule has 0 saturated carbocycles. The van der Waals surface area contributed by atoms with Crippen molar-refractivity contribution in [2.45, 2.75) is 146 Å². The van der Waals surface area contributed by atoms with Crippen LogP contribution in [0.3, 0.4) is 0 Å². The minimum atomic E-state index is -0.368. The molecule has 17 aromatic rings. The van der Waals surface area contributed by atoms with Crippen LogP contribution in [0.5, 0.6) is 40.2 Å². The van der Waals surface area contributed by atoms with Crippen molar-refractivity contribution in [3.8, 4) is 130 Å². The Labute approximate surface area is 694 Å². The molecule has 18 heteroatoms. The maximum Gasteiger partial charge on any atom is 0.165 e. The highest BCUT2D eigenvalue weighted by molar-refractivity contribution is 5.86. The molecule has 0 aliphatic carbocycles. The highest BCUT2D eigenvalue weighted by Crippen LogP contribution is 2.36. The summed E-state index contributed by atoms with van der Waals surface area (Å²) >= 11 is 0. The molecular formula is C101H101F2N9O7. The Kier molecular flexibility index (Phi) is 24.8. The van der Waals surface area contributed by atoms with E-state index in [1.165, 1.54) is 34.2 Å². The number of rotatable bonds is 21. The standard InChI is InChI=1S/C26H28N2O2.2C25H25FN2O2.C25H23N3O/c1-18(2)29-22-11-8-20(9-12-22)24-16-27-25-15-10-21(17-28(24)25)19-6-13-23(14-7-19)30-26(3,4)5;1-16(2)29-21-9-5-18(6-10-21)23-14-27-25-12-8-20(15-28(23)25)19-7-11-24(22(26)13-19)30-17(3)4;1-16(2)29-20-8-5-18(6-9-20)24-14-27-25-12-7-19(15-28(24)25)22-11-10-21(13-23(22)26)30-17(3)4;1-17(2)29-22-8-4-18(5-9-22)24-15-26-25-11-7-21(16-28(24)25)19-6-10-23-20(14-19)12-13-27(23)3/h6-18H,1-5H3;2*5-17H,1-4H3;4-17H,1-3H3. The minimum Gasteiger partial charge on any atom is -0.491 e. The number of hydrogen-bond donors (Lipinski definition) is 0. The summed E-state index contributed by atoms with van der Waals surface area (Å²) in [6.45, 7) is 29.9. The topological polar surface area (TPSA) is 139 Å². The van der Waals surface area contributed by atoms with Crippen molar-refractivity contribution in [3.05, 3.63) is 298 Å². The van der Waals surface area contributed by atoms with E-state index in [1.54, 1.807) is 18.2 Å². The number of fused-ring (bicyclic) bond motifs is 5. The molecule has 0 amide bonds. The van der Waals surface area contributed by atoms with Gasteiger partial charge in [0.1, 0.15) is 68.5 Å². The Morgan fingerprint density at radius 3 is 0.966 bits per heavy atom. The molecule has 0 unspecified atom stereocenters. The smallest absolute Gasteiger partial charge is 0.165 e. The van der Waals surface area contributed by atoms with Gasteiger partial charge in [-0.2, -0.15) is 0 Å². The van der Waals surface area contributed by atoms with Crippen molar-refractivity contribution in [2.24, 2.45) is 7.05 Å². The third-order valence-electron chi connectivity index (χ3n) is 19.2. The quantitative estimate of drug-likeness (QED) is 0.0679. The zero-order valence-corrected chi connectivity index (χ0v) is 70.2. The average molecular weight is 1590 g/mol. The summed E-state index contributed by atoms with van der Waals surface area (Å²) in [5.74, 6) is 4.41. The first-order valence-corrected chi connectivity index (χ1v) is 40.4. The molecule has 9 aromatic heterocycles. The van der Waals surface area contributed by atoms with E-state index in [0.717, 1.165) is 124 Å². The molecule has 0 bridgehead atoms. The molecule has 8 aromatic carbocycles. The average Bonchev–Trinajstić information content (AvgIpc) is 1.66. The molecule has 17 rings (SSSR count). The monoisotopic (exact) mass is 1590 g/mol. The summed E-state index contributed by atoms with van der Waals surface area (Å²) in [7, 11) is 2.07. The molecule has 606 valence electrons. The van der Waals surface area contributed by atoms with E-state index in [9.17, 15) is 8.78 Å². The Morgan fingerprint density at radius 2 is 0.597 bits per heavy atom. The lowest BCUT2D eigenvalue weighted by molar-refractivity contribution is 0.131. The SMILES string of the molecule is CC(C)Oc1ccc(-c2cnc3ccc(-c4ccc(OC(C)(C)C)cc4)cn23)cc1.CC(C)Oc1ccc(-c2cnc3ccc(-c4ccc(OC(C)C)c(F)c4)cn23)cc1.CC(C)Oc1ccc(-c2cnc3ccc(-c4ccc(OC(C)C)cc4F)cn23)cc1.CC(C)Oc1ccc(-c2cnc3ccc(-c4ccc5c(ccn5C)c4)cn23)cc1. The summed E-state index contributed by atoms with van der Waals surface area (Å²) in [6, 6.07) is 75.3. The van der Waals surface area contributed by atoms with Gasteiger partial charge in [-0.25, -0.2) is 28.7 Å². The van der Waals surface area contributed by atoms with Gasteiger partial charge in [0.05, 0.1) is 84.2 Å². The molecule has 0 aliphatic heterocycles. The number of aromatic nitrogens is 9. The van der Waals surface area contributed by atoms with Crippen LogP contribution in [0.15, 0.2) is 286 Å². The number of hydrogen-bond acceptors (Lipinski definition) is 11. The molecule has 0 atom stereocenters. The van der Waals surface area contributed by atoms with E-state index < -0.39 is 0 Å². The maximum absolute atomic E-state index is 14.8. The number of nitrogens with zero attached hydrogens (tertiary/aromatic N) is 9. The van der Waals surface area contributed by atoms with E-state index in [2.05, 4.69) is 165 Å². The zero-order valence-electron chi connectivity index (χ0n) is 70.2. The normalized spacial score (nSPS) is 11.6. The lowest BCUT2D eigenvalue weighted by Crippen LogP contribution is -2.22. The first-order chi connectivity index (χ1) is 57.2. The Hall–Kier alpha value is -13.5. The number of imidazole rings is 4. The molecule has 9 heterocycles. The van der Waals surface area contributed by atoms with Crippen LogP contribution in [0, 0.1) is 11.6 Å².